The van der Waals surface area contributed by atoms with Crippen LogP contribution in [0.5, 0.6) is 0 Å². The molecule has 1 aromatic heterocycles. The lowest BCUT2D eigenvalue weighted by Crippen LogP contribution is -2.21. The lowest BCUT2D eigenvalue weighted by molar-refractivity contribution is -0.137. The van der Waals surface area contributed by atoms with E-state index in [9.17, 15) is 18.0 Å². The summed E-state index contributed by atoms with van der Waals surface area (Å²) < 4.78 is 42.9. The molecule has 4 N–H and O–H groups in total. The van der Waals surface area contributed by atoms with E-state index in [0.29, 0.717) is 0 Å². The summed E-state index contributed by atoms with van der Waals surface area (Å²) in [5, 5.41) is 5.71. The lowest BCUT2D eigenvalue weighted by Gasteiger charge is -2.15. The molecule has 0 fully saturated rings. The number of nitrogens with two attached hydrogens (primary N) is 1. The molecule has 0 saturated carbocycles. The van der Waals surface area contributed by atoms with Gasteiger partial charge in [-0.3, -0.25) is 10.6 Å². The van der Waals surface area contributed by atoms with Gasteiger partial charge >= 0.3 is 6.18 Å². The number of amides is 1. The number of para-hydroxylation sites is 1. The first kappa shape index (κ1) is 13.9. The molecule has 0 aliphatic carbocycles. The van der Waals surface area contributed by atoms with Crippen LogP contribution >= 0.6 is 0 Å². The first-order valence-electron chi connectivity index (χ1n) is 5.32. The number of carbonyl (C=O) groups is 1. The minimum absolute atomic E-state index is 0.0791. The number of halogens is 3. The van der Waals surface area contributed by atoms with Gasteiger partial charge in [0, 0.05) is 6.07 Å². The zero-order valence-corrected chi connectivity index (χ0v) is 9.86. The van der Waals surface area contributed by atoms with Crippen LogP contribution in [0.15, 0.2) is 35.1 Å². The predicted molar refractivity (Wildman–Crippen MR) is 63.7 cm³/mol. The molecule has 0 unspecified atom stereocenters. The second-order valence-corrected chi connectivity index (χ2v) is 3.71. The Bertz CT molecular complexity index is 611. The third-order valence-corrected chi connectivity index (χ3v) is 2.44. The summed E-state index contributed by atoms with van der Waals surface area (Å²) in [6, 6.07) is 4.49. The molecule has 0 radical (unpaired) electrons. The van der Waals surface area contributed by atoms with Crippen molar-refractivity contribution < 1.29 is 22.5 Å². The number of aromatic nitrogens is 1. The number of hydrogen-bond donors (Lipinski definition) is 3. The maximum Gasteiger partial charge on any atom is 0.418 e. The molecule has 0 bridgehead atoms. The molecule has 0 aliphatic heterocycles. The number of anilines is 2. The number of nitrogens with zero attached hydrogens (tertiary/aromatic N) is 1. The molecule has 1 amide bonds. The van der Waals surface area contributed by atoms with Crippen molar-refractivity contribution in [1.29, 1.82) is 0 Å². The van der Waals surface area contributed by atoms with Crippen molar-refractivity contribution in [3.63, 3.8) is 0 Å². The van der Waals surface area contributed by atoms with Crippen LogP contribution in [0.3, 0.4) is 0 Å². The molecular formula is C11H9F3N4O2. The van der Waals surface area contributed by atoms with Crippen molar-refractivity contribution in [1.82, 2.24) is 5.16 Å². The van der Waals surface area contributed by atoms with Crippen molar-refractivity contribution in [2.45, 2.75) is 6.18 Å². The largest absolute Gasteiger partial charge is 0.418 e. The van der Waals surface area contributed by atoms with E-state index < -0.39 is 23.3 Å². The number of rotatable bonds is 3. The van der Waals surface area contributed by atoms with Gasteiger partial charge in [-0.05, 0) is 12.1 Å². The number of hydrazine groups is 1. The third kappa shape index (κ3) is 2.72. The molecule has 2 rings (SSSR count). The molecule has 106 valence electrons. The lowest BCUT2D eigenvalue weighted by atomic mass is 10.1. The van der Waals surface area contributed by atoms with Gasteiger partial charge in [-0.2, -0.15) is 13.2 Å². The predicted octanol–water partition coefficient (Wildman–Crippen LogP) is 2.23. The van der Waals surface area contributed by atoms with Crippen molar-refractivity contribution in [3.8, 4) is 0 Å². The van der Waals surface area contributed by atoms with Crippen LogP contribution in [0.4, 0.5) is 24.7 Å². The van der Waals surface area contributed by atoms with Crippen LogP contribution in [-0.2, 0) is 6.18 Å². The number of benzene rings is 1. The molecule has 20 heavy (non-hydrogen) atoms. The summed E-state index contributed by atoms with van der Waals surface area (Å²) in [5.41, 5.74) is 0.100. The Hall–Kier alpha value is -2.55. The fraction of sp³-hybridized carbons (Fsp3) is 0.0909. The van der Waals surface area contributed by atoms with Crippen molar-refractivity contribution in [2.24, 2.45) is 5.84 Å². The molecule has 0 atom stereocenters. The van der Waals surface area contributed by atoms with Crippen LogP contribution in [0, 0.1) is 0 Å². The SMILES string of the molecule is NNc1c(C(=O)Nc2ccon2)cccc1C(F)(F)F. The molecule has 6 nitrogen and oxygen atoms in total. The summed E-state index contributed by atoms with van der Waals surface area (Å²) in [6.07, 6.45) is -3.42. The Kier molecular flexibility index (Phi) is 3.61. The van der Waals surface area contributed by atoms with E-state index >= 15 is 0 Å². The normalized spacial score (nSPS) is 11.2. The Morgan fingerprint density at radius 3 is 2.60 bits per heavy atom. The summed E-state index contributed by atoms with van der Waals surface area (Å²) in [4.78, 5) is 11.9. The van der Waals surface area contributed by atoms with Crippen LogP contribution in [0.1, 0.15) is 15.9 Å². The van der Waals surface area contributed by atoms with Crippen LogP contribution < -0.4 is 16.6 Å². The Labute approximate surface area is 110 Å². The highest BCUT2D eigenvalue weighted by Crippen LogP contribution is 2.36. The quantitative estimate of drug-likeness (QED) is 0.594. The molecule has 2 aromatic rings. The number of alkyl halides is 3. The van der Waals surface area contributed by atoms with Crippen LogP contribution in [0.2, 0.25) is 0 Å². The summed E-state index contributed by atoms with van der Waals surface area (Å²) in [6.45, 7) is 0. The van der Waals surface area contributed by atoms with Crippen molar-refractivity contribution in [3.05, 3.63) is 41.7 Å². The van der Waals surface area contributed by atoms with E-state index in [4.69, 9.17) is 5.84 Å². The maximum atomic E-state index is 12.8. The van der Waals surface area contributed by atoms with E-state index in [-0.39, 0.29) is 11.4 Å². The number of carbonyl (C=O) groups excluding carboxylic acids is 1. The van der Waals surface area contributed by atoms with E-state index in [1.165, 1.54) is 18.4 Å². The molecule has 0 saturated heterocycles. The van der Waals surface area contributed by atoms with Gasteiger partial charge in [0.25, 0.3) is 5.91 Å². The topological polar surface area (TPSA) is 93.2 Å². The van der Waals surface area contributed by atoms with Gasteiger partial charge in [0.2, 0.25) is 0 Å². The fourth-order valence-corrected chi connectivity index (χ4v) is 1.59. The Morgan fingerprint density at radius 2 is 2.05 bits per heavy atom. The van der Waals surface area contributed by atoms with Gasteiger partial charge < -0.3 is 15.3 Å². The van der Waals surface area contributed by atoms with Gasteiger partial charge in [0.05, 0.1) is 16.8 Å². The average molecular weight is 286 g/mol. The minimum Gasteiger partial charge on any atom is -0.363 e. The smallest absolute Gasteiger partial charge is 0.363 e. The summed E-state index contributed by atoms with van der Waals surface area (Å²) in [5.74, 6) is 4.38. The summed E-state index contributed by atoms with van der Waals surface area (Å²) in [7, 11) is 0. The highest BCUT2D eigenvalue weighted by Gasteiger charge is 2.35. The number of hydrogen-bond acceptors (Lipinski definition) is 5. The maximum absolute atomic E-state index is 12.8. The third-order valence-electron chi connectivity index (χ3n) is 2.44. The molecule has 0 spiro atoms. The monoisotopic (exact) mass is 286 g/mol. The second-order valence-electron chi connectivity index (χ2n) is 3.71. The first-order valence-corrected chi connectivity index (χ1v) is 5.32. The Balaban J connectivity index is 2.39. The standard InChI is InChI=1S/C11H9F3N4O2/c12-11(13,14)7-3-1-2-6(9(7)17-15)10(19)16-8-4-5-20-18-8/h1-5,17H,15H2,(H,16,18,19). The highest BCUT2D eigenvalue weighted by atomic mass is 19.4. The second kappa shape index (κ2) is 5.21. The van der Waals surface area contributed by atoms with Gasteiger partial charge in [0.15, 0.2) is 5.82 Å². The first-order chi connectivity index (χ1) is 9.43. The van der Waals surface area contributed by atoms with E-state index in [1.807, 2.05) is 5.43 Å². The van der Waals surface area contributed by atoms with Crippen molar-refractivity contribution >= 4 is 17.4 Å². The zero-order chi connectivity index (χ0) is 14.8. The summed E-state index contributed by atoms with van der Waals surface area (Å²) >= 11 is 0. The minimum atomic E-state index is -4.63. The van der Waals surface area contributed by atoms with E-state index in [0.717, 1.165) is 12.1 Å². The van der Waals surface area contributed by atoms with Crippen LogP contribution in [-0.4, -0.2) is 11.1 Å². The average Bonchev–Trinajstić information content (AvgIpc) is 2.89. The Morgan fingerprint density at radius 1 is 1.30 bits per heavy atom. The number of nitrogen functional groups attached to an aromatic ring is 1. The molecule has 1 aromatic carbocycles. The zero-order valence-electron chi connectivity index (χ0n) is 9.86. The molecule has 1 heterocycles. The number of nitrogens with one attached hydrogen (secondary N) is 2. The van der Waals surface area contributed by atoms with Gasteiger partial charge in [0.1, 0.15) is 6.26 Å². The molecular weight excluding hydrogens is 277 g/mol. The van der Waals surface area contributed by atoms with Crippen LogP contribution in [0.25, 0.3) is 0 Å². The van der Waals surface area contributed by atoms with Gasteiger partial charge in [-0.15, -0.1) is 0 Å². The fourth-order valence-electron chi connectivity index (χ4n) is 1.59. The van der Waals surface area contributed by atoms with Gasteiger partial charge in [-0.1, -0.05) is 11.2 Å². The molecule has 0 aliphatic rings. The molecule has 9 heteroatoms. The van der Waals surface area contributed by atoms with Crippen molar-refractivity contribution in [2.75, 3.05) is 10.7 Å². The van der Waals surface area contributed by atoms with E-state index in [1.54, 1.807) is 0 Å². The van der Waals surface area contributed by atoms with E-state index in [2.05, 4.69) is 15.0 Å². The highest BCUT2D eigenvalue weighted by molar-refractivity contribution is 6.08. The van der Waals surface area contributed by atoms with Gasteiger partial charge in [-0.25, -0.2) is 0 Å².